The zero-order valence-corrected chi connectivity index (χ0v) is 55.5. The number of halogens is 1. The number of H-pyrrole nitrogens is 2. The summed E-state index contributed by atoms with van der Waals surface area (Å²) in [5.74, 6) is 8.02. The van der Waals surface area contributed by atoms with Crippen LogP contribution in [0.1, 0.15) is 160 Å². The van der Waals surface area contributed by atoms with Crippen LogP contribution in [0.3, 0.4) is 0 Å². The highest BCUT2D eigenvalue weighted by Crippen LogP contribution is 2.36. The molecule has 7 heterocycles. The average Bonchev–Trinajstić information content (AvgIpc) is 1.90. The number of hydrogen-bond acceptors (Lipinski definition) is 20. The van der Waals surface area contributed by atoms with Gasteiger partial charge in [-0.3, -0.25) is 29.4 Å². The van der Waals surface area contributed by atoms with Crippen molar-refractivity contribution in [2.24, 2.45) is 23.3 Å². The van der Waals surface area contributed by atoms with Gasteiger partial charge in [0.15, 0.2) is 11.6 Å². The normalized spacial score (nSPS) is 20.3. The van der Waals surface area contributed by atoms with Gasteiger partial charge in [0.1, 0.15) is 28.9 Å². The fraction of sp³-hybridized carbons (Fsp3) is 0.529. The molecule has 0 radical (unpaired) electrons. The van der Waals surface area contributed by atoms with E-state index in [1.165, 1.54) is 69.7 Å². The highest BCUT2D eigenvalue weighted by molar-refractivity contribution is 6.61. The van der Waals surface area contributed by atoms with E-state index in [4.69, 9.17) is 27.8 Å². The summed E-state index contributed by atoms with van der Waals surface area (Å²) < 4.78 is 9.60. The van der Waals surface area contributed by atoms with Crippen LogP contribution in [0.5, 0.6) is 11.5 Å². The minimum Gasteiger partial charge on any atom is -0.415 e. The summed E-state index contributed by atoms with van der Waals surface area (Å²) >= 11 is 4.95. The minimum absolute atomic E-state index is 0.00453. The van der Waals surface area contributed by atoms with E-state index in [1.807, 2.05) is 29.2 Å². The number of aromatic nitrogens is 8. The highest BCUT2D eigenvalue weighted by Gasteiger charge is 2.33. The molecule has 4 saturated carbocycles. The van der Waals surface area contributed by atoms with E-state index < -0.39 is 11.5 Å². The Morgan fingerprint density at radius 2 is 0.937 bits per heavy atom. The van der Waals surface area contributed by atoms with E-state index in [1.54, 1.807) is 84.6 Å². The lowest BCUT2D eigenvalue weighted by Gasteiger charge is -2.38. The molecule has 11 N–H and O–H groups in total. The monoisotopic (exact) mass is 1320 g/mol. The molecule has 7 fully saturated rings. The van der Waals surface area contributed by atoms with E-state index in [0.29, 0.717) is 96.9 Å². The van der Waals surface area contributed by atoms with Crippen molar-refractivity contribution < 1.29 is 38.2 Å². The van der Waals surface area contributed by atoms with Gasteiger partial charge in [0.05, 0.1) is 6.04 Å². The summed E-state index contributed by atoms with van der Waals surface area (Å²) in [4.78, 5) is 89.9. The van der Waals surface area contributed by atoms with Gasteiger partial charge in [-0.2, -0.15) is 20.2 Å². The molecule has 7 aliphatic rings. The molecule has 0 atom stereocenters. The highest BCUT2D eigenvalue weighted by atomic mass is 35.5. The first-order valence-electron chi connectivity index (χ1n) is 33.5. The van der Waals surface area contributed by atoms with Gasteiger partial charge in [-0.1, -0.05) is 62.1 Å². The zero-order valence-electron chi connectivity index (χ0n) is 54.7. The number of ether oxygens (including phenoxy) is 2. The molecule has 13 rings (SSSR count). The van der Waals surface area contributed by atoms with Crippen molar-refractivity contribution in [1.82, 2.24) is 60.3 Å². The first-order chi connectivity index (χ1) is 45.9. The predicted molar refractivity (Wildman–Crippen MR) is 364 cm³/mol. The van der Waals surface area contributed by atoms with Gasteiger partial charge < -0.3 is 62.2 Å². The van der Waals surface area contributed by atoms with Crippen molar-refractivity contribution in [3.05, 3.63) is 109 Å². The van der Waals surface area contributed by atoms with Crippen molar-refractivity contribution in [3.8, 4) is 11.5 Å². The summed E-state index contributed by atoms with van der Waals surface area (Å²) in [5.41, 5.74) is 13.0. The molecule has 95 heavy (non-hydrogen) atoms. The Morgan fingerprint density at radius 3 is 1.38 bits per heavy atom. The molecule has 4 aromatic heterocycles. The molecule has 4 amide bonds. The number of Topliss-reactive ketones (excluding diaryl/α,β-unsaturated/α-hetero) is 1. The number of benzene rings is 2. The number of hydrogen-bond donors (Lipinski definition) is 9. The van der Waals surface area contributed by atoms with Crippen LogP contribution in [-0.2, 0) is 19.2 Å². The maximum atomic E-state index is 12.5. The number of rotatable bonds is 17. The number of ketones is 1. The number of carbonyl (C=O) groups is 6. The summed E-state index contributed by atoms with van der Waals surface area (Å²) in [6.07, 6.45) is 23.0. The maximum Gasteiger partial charge on any atom is 0.412 e. The molecule has 2 aromatic carbocycles. The van der Waals surface area contributed by atoms with Crippen LogP contribution >= 0.6 is 11.6 Å². The fourth-order valence-electron chi connectivity index (χ4n) is 12.7. The SMILES string of the molecule is CC(=O)N1CC(CC(=O)CC2CCC(Nc3nccc(Nc4cc(C5CCCC5)[nH]n4)n3)CC2)C1.CC(=O)N1CC(N)C1.CC(=O)N1CC(NC(=O)Oc2ccccc2)C1.NC1CCC(Nc2nccc(Nc3cc(C4CCCC4)[nH]n3)n2)CC1.O=C(Cl)Oc1ccccc1. The Bertz CT molecular complexity index is 3390. The first-order valence-corrected chi connectivity index (χ1v) is 33.9. The van der Waals surface area contributed by atoms with Crippen LogP contribution in [-0.4, -0.2) is 160 Å². The number of para-hydroxylation sites is 2. The molecule has 6 aromatic rings. The van der Waals surface area contributed by atoms with Crippen molar-refractivity contribution >= 4 is 81.8 Å². The number of nitrogens with two attached hydrogens (primary N) is 2. The number of nitrogens with zero attached hydrogens (tertiary/aromatic N) is 9. The van der Waals surface area contributed by atoms with Crippen molar-refractivity contribution in [2.45, 2.75) is 178 Å². The summed E-state index contributed by atoms with van der Waals surface area (Å²) in [6.45, 7) is 8.75. The Balaban J connectivity index is 0.000000154. The molecular formula is C68H93ClN18O8. The number of amides is 4. The number of anilines is 6. The van der Waals surface area contributed by atoms with Crippen LogP contribution < -0.4 is 47.5 Å². The standard InChI is InChI=1S/C26H37N7O2.C18H27N7.C12H14N2O3.C7H5ClO2.C5H10N2O/c1-17(34)33-15-19(16-33)13-22(35)12-18-6-8-21(9-7-18)28-26-27-11-10-24(30-26)29-25-14-23(31-32-25)20-4-2-3-5-20;19-13-5-7-14(8-6-13)21-18-20-10-9-16(23-18)22-17-11-15(24-25-17)12-3-1-2-4-12;1-9(15)14-7-10(8-14)13-12(16)17-11-5-3-2-4-6-11;8-7(9)10-6-4-2-1-3-5-6;1-4(8)7-2-5(6)3-7/h10-11,14,18-21H,2-9,12-13,15-16H2,1H3,(H3,27,28,29,30,31,32);9-14H,1-8,19H2,(H3,20,21,22,23,24,25);2-6,10H,7-8H2,1H3,(H,13,16);1-5H;5H,2-3,6H2,1H3. The lowest BCUT2D eigenvalue weighted by Crippen LogP contribution is -2.60. The third-order valence-corrected chi connectivity index (χ3v) is 18.3. The molecule has 4 aliphatic carbocycles. The van der Waals surface area contributed by atoms with Crippen molar-refractivity contribution in [2.75, 3.05) is 60.5 Å². The second-order valence-corrected chi connectivity index (χ2v) is 26.1. The van der Waals surface area contributed by atoms with Crippen LogP contribution in [0.2, 0.25) is 0 Å². The van der Waals surface area contributed by atoms with Crippen LogP contribution in [0.4, 0.5) is 44.8 Å². The molecule has 0 bridgehead atoms. The number of nitrogens with one attached hydrogen (secondary N) is 7. The number of carbonyl (C=O) groups excluding carboxylic acids is 6. The van der Waals surface area contributed by atoms with E-state index in [9.17, 15) is 28.8 Å². The third-order valence-electron chi connectivity index (χ3n) is 18.2. The van der Waals surface area contributed by atoms with Gasteiger partial charge >= 0.3 is 11.5 Å². The summed E-state index contributed by atoms with van der Waals surface area (Å²) in [7, 11) is 0. The molecule has 3 saturated heterocycles. The van der Waals surface area contributed by atoms with Crippen molar-refractivity contribution in [3.63, 3.8) is 0 Å². The summed E-state index contributed by atoms with van der Waals surface area (Å²) in [5, 5.41) is 31.3. The van der Waals surface area contributed by atoms with E-state index in [-0.39, 0.29) is 29.8 Å². The van der Waals surface area contributed by atoms with E-state index >= 15 is 0 Å². The zero-order chi connectivity index (χ0) is 67.1. The predicted octanol–water partition coefficient (Wildman–Crippen LogP) is 10.3. The van der Waals surface area contributed by atoms with Gasteiger partial charge in [0.25, 0.3) is 0 Å². The van der Waals surface area contributed by atoms with E-state index in [2.05, 4.69) is 83.8 Å². The minimum atomic E-state index is -0.814. The molecular weight excluding hydrogens is 1230 g/mol. The molecule has 510 valence electrons. The lowest BCUT2D eigenvalue weighted by molar-refractivity contribution is -0.137. The Morgan fingerprint density at radius 1 is 0.505 bits per heavy atom. The lowest BCUT2D eigenvalue weighted by atomic mass is 9.81. The maximum absolute atomic E-state index is 12.5. The van der Waals surface area contributed by atoms with Crippen molar-refractivity contribution in [1.29, 1.82) is 0 Å². The van der Waals surface area contributed by atoms with Crippen LogP contribution in [0.25, 0.3) is 0 Å². The van der Waals surface area contributed by atoms with Gasteiger partial charge in [0, 0.05) is 162 Å². The van der Waals surface area contributed by atoms with Gasteiger partial charge in [0.2, 0.25) is 29.6 Å². The van der Waals surface area contributed by atoms with Gasteiger partial charge in [-0.05, 0) is 119 Å². The van der Waals surface area contributed by atoms with Gasteiger partial charge in [-0.15, -0.1) is 0 Å². The second kappa shape index (κ2) is 35.7. The smallest absolute Gasteiger partial charge is 0.412 e. The van der Waals surface area contributed by atoms with E-state index in [0.717, 1.165) is 101 Å². The second-order valence-electron chi connectivity index (χ2n) is 25.8. The molecule has 26 nitrogen and oxygen atoms in total. The molecule has 0 spiro atoms. The molecule has 3 aliphatic heterocycles. The quantitative estimate of drug-likeness (QED) is 0.0383. The Hall–Kier alpha value is -8.75. The topological polar surface area (TPSA) is 352 Å². The summed E-state index contributed by atoms with van der Waals surface area (Å²) in [6, 6.07) is 26.7. The largest absolute Gasteiger partial charge is 0.415 e. The molecule has 27 heteroatoms. The molecule has 0 unspecified atom stereocenters. The van der Waals surface area contributed by atoms with Crippen LogP contribution in [0, 0.1) is 11.8 Å². The average molecular weight is 1330 g/mol. The number of aromatic amines is 2. The fourth-order valence-corrected chi connectivity index (χ4v) is 12.8. The Labute approximate surface area is 560 Å². The third kappa shape index (κ3) is 23.3. The van der Waals surface area contributed by atoms with Gasteiger partial charge in [-0.25, -0.2) is 19.6 Å². The Kier molecular flexibility index (Phi) is 26.5. The van der Waals surface area contributed by atoms with Crippen LogP contribution in [0.15, 0.2) is 97.3 Å². The first kappa shape index (κ1) is 70.6. The number of likely N-dealkylation sites (tertiary alicyclic amines) is 3.